The molecular formula is C11H16FNO2. The van der Waals surface area contributed by atoms with E-state index in [1.165, 1.54) is 6.07 Å². The monoisotopic (exact) mass is 213 g/mol. The molecule has 0 radical (unpaired) electrons. The van der Waals surface area contributed by atoms with Gasteiger partial charge in [0.15, 0.2) is 0 Å². The molecule has 3 nitrogen and oxygen atoms in total. The molecule has 2 N–H and O–H groups in total. The van der Waals surface area contributed by atoms with Crippen molar-refractivity contribution in [3.8, 4) is 0 Å². The zero-order chi connectivity index (χ0) is 11.3. The maximum absolute atomic E-state index is 13.3. The molecule has 15 heavy (non-hydrogen) atoms. The summed E-state index contributed by atoms with van der Waals surface area (Å²) in [4.78, 5) is 0. The van der Waals surface area contributed by atoms with E-state index in [2.05, 4.69) is 0 Å². The van der Waals surface area contributed by atoms with Gasteiger partial charge in [0.05, 0.1) is 19.3 Å². The fourth-order valence-electron chi connectivity index (χ4n) is 1.24. The Labute approximate surface area is 89.0 Å². The summed E-state index contributed by atoms with van der Waals surface area (Å²) in [6.07, 6.45) is -0.0750. The average Bonchev–Trinajstić information content (AvgIpc) is 2.17. The van der Waals surface area contributed by atoms with Crippen molar-refractivity contribution in [2.45, 2.75) is 19.6 Å². The Morgan fingerprint density at radius 3 is 2.80 bits per heavy atom. The molecule has 0 spiro atoms. The molecule has 0 amide bonds. The Bertz CT molecular complexity index is 297. The van der Waals surface area contributed by atoms with Crippen LogP contribution in [0.2, 0.25) is 0 Å². The first-order chi connectivity index (χ1) is 7.15. The molecule has 0 bridgehead atoms. The van der Waals surface area contributed by atoms with Gasteiger partial charge in [-0.25, -0.2) is 4.39 Å². The van der Waals surface area contributed by atoms with E-state index in [0.717, 1.165) is 0 Å². The summed E-state index contributed by atoms with van der Waals surface area (Å²) in [6, 6.07) is 4.60. The third-order valence-corrected chi connectivity index (χ3v) is 2.07. The van der Waals surface area contributed by atoms with Crippen LogP contribution in [0, 0.1) is 5.82 Å². The maximum atomic E-state index is 13.3. The lowest BCUT2D eigenvalue weighted by Crippen LogP contribution is -2.15. The number of rotatable bonds is 5. The maximum Gasteiger partial charge on any atom is 0.130 e. The van der Waals surface area contributed by atoms with Crippen LogP contribution in [-0.4, -0.2) is 19.8 Å². The Balaban J connectivity index is 2.57. The molecule has 0 heterocycles. The highest BCUT2D eigenvalue weighted by Crippen LogP contribution is 2.17. The van der Waals surface area contributed by atoms with E-state index in [1.807, 2.05) is 6.92 Å². The minimum atomic E-state index is -0.334. The number of halogens is 1. The number of hydrogen-bond donors (Lipinski definition) is 1. The molecule has 0 aromatic heterocycles. The quantitative estimate of drug-likeness (QED) is 0.760. The van der Waals surface area contributed by atoms with Gasteiger partial charge < -0.3 is 15.2 Å². The highest BCUT2D eigenvalue weighted by atomic mass is 19.1. The van der Waals surface area contributed by atoms with Crippen LogP contribution >= 0.6 is 0 Å². The number of hydrogen-bond acceptors (Lipinski definition) is 3. The predicted octanol–water partition coefficient (Wildman–Crippen LogP) is 1.96. The lowest BCUT2D eigenvalue weighted by atomic mass is 10.2. The van der Waals surface area contributed by atoms with Crippen molar-refractivity contribution in [1.82, 2.24) is 0 Å². The Hall–Kier alpha value is -1.13. The number of nitrogens with two attached hydrogens (primary N) is 1. The van der Waals surface area contributed by atoms with Gasteiger partial charge in [0, 0.05) is 18.4 Å². The van der Waals surface area contributed by atoms with Gasteiger partial charge in [-0.3, -0.25) is 0 Å². The van der Waals surface area contributed by atoms with Crippen molar-refractivity contribution in [2.75, 3.05) is 19.5 Å². The molecular weight excluding hydrogens is 197 g/mol. The van der Waals surface area contributed by atoms with Crippen molar-refractivity contribution < 1.29 is 13.9 Å². The number of nitrogen functional groups attached to an aromatic ring is 1. The fraction of sp³-hybridized carbons (Fsp3) is 0.455. The molecule has 0 saturated carbocycles. The van der Waals surface area contributed by atoms with Crippen LogP contribution in [-0.2, 0) is 16.1 Å². The second-order valence-electron chi connectivity index (χ2n) is 3.38. The Kier molecular flexibility index (Phi) is 4.52. The van der Waals surface area contributed by atoms with Crippen LogP contribution in [0.4, 0.5) is 10.1 Å². The highest BCUT2D eigenvalue weighted by Gasteiger charge is 2.08. The van der Waals surface area contributed by atoms with Crippen LogP contribution in [0.3, 0.4) is 0 Å². The van der Waals surface area contributed by atoms with E-state index < -0.39 is 0 Å². The van der Waals surface area contributed by atoms with E-state index in [-0.39, 0.29) is 18.5 Å². The summed E-state index contributed by atoms with van der Waals surface area (Å²) >= 11 is 0. The molecule has 84 valence electrons. The molecule has 0 saturated heterocycles. The Morgan fingerprint density at radius 1 is 1.47 bits per heavy atom. The average molecular weight is 213 g/mol. The lowest BCUT2D eigenvalue weighted by Gasteiger charge is -2.13. The zero-order valence-corrected chi connectivity index (χ0v) is 9.00. The van der Waals surface area contributed by atoms with Crippen LogP contribution in [0.15, 0.2) is 18.2 Å². The van der Waals surface area contributed by atoms with Gasteiger partial charge in [0.1, 0.15) is 5.82 Å². The minimum Gasteiger partial charge on any atom is -0.398 e. The van der Waals surface area contributed by atoms with Crippen LogP contribution < -0.4 is 5.73 Å². The summed E-state index contributed by atoms with van der Waals surface area (Å²) in [5.41, 5.74) is 6.45. The van der Waals surface area contributed by atoms with Gasteiger partial charge in [-0.1, -0.05) is 6.07 Å². The molecule has 1 unspecified atom stereocenters. The first-order valence-electron chi connectivity index (χ1n) is 4.78. The largest absolute Gasteiger partial charge is 0.398 e. The second kappa shape index (κ2) is 5.68. The van der Waals surface area contributed by atoms with Gasteiger partial charge in [0.2, 0.25) is 0 Å². The van der Waals surface area contributed by atoms with Crippen LogP contribution in [0.25, 0.3) is 0 Å². The number of anilines is 1. The minimum absolute atomic E-state index is 0.0750. The van der Waals surface area contributed by atoms with Crippen LogP contribution in [0.1, 0.15) is 12.5 Å². The summed E-state index contributed by atoms with van der Waals surface area (Å²) in [6.45, 7) is 2.51. The van der Waals surface area contributed by atoms with Gasteiger partial charge in [0.25, 0.3) is 0 Å². The third-order valence-electron chi connectivity index (χ3n) is 2.07. The molecule has 1 rings (SSSR count). The Morgan fingerprint density at radius 2 is 2.20 bits per heavy atom. The molecule has 0 aliphatic heterocycles. The molecule has 0 aliphatic rings. The first kappa shape index (κ1) is 11.9. The van der Waals surface area contributed by atoms with Gasteiger partial charge >= 0.3 is 0 Å². The van der Waals surface area contributed by atoms with E-state index >= 15 is 0 Å². The summed E-state index contributed by atoms with van der Waals surface area (Å²) in [5.74, 6) is -0.334. The smallest absolute Gasteiger partial charge is 0.130 e. The van der Waals surface area contributed by atoms with E-state index in [1.54, 1.807) is 19.2 Å². The van der Waals surface area contributed by atoms with E-state index in [9.17, 15) is 4.39 Å². The predicted molar refractivity (Wildman–Crippen MR) is 56.9 cm³/mol. The van der Waals surface area contributed by atoms with Crippen LogP contribution in [0.5, 0.6) is 0 Å². The summed E-state index contributed by atoms with van der Waals surface area (Å²) < 4.78 is 23.6. The summed E-state index contributed by atoms with van der Waals surface area (Å²) in [5, 5.41) is 0. The third kappa shape index (κ3) is 3.49. The van der Waals surface area contributed by atoms with E-state index in [0.29, 0.717) is 17.9 Å². The second-order valence-corrected chi connectivity index (χ2v) is 3.38. The molecule has 1 atom stereocenters. The fourth-order valence-corrected chi connectivity index (χ4v) is 1.24. The topological polar surface area (TPSA) is 44.5 Å². The van der Waals surface area contributed by atoms with Crippen molar-refractivity contribution in [3.63, 3.8) is 0 Å². The van der Waals surface area contributed by atoms with Gasteiger partial charge in [-0.15, -0.1) is 0 Å². The van der Waals surface area contributed by atoms with Crippen molar-refractivity contribution >= 4 is 5.69 Å². The molecule has 4 heteroatoms. The zero-order valence-electron chi connectivity index (χ0n) is 9.00. The molecule has 0 fully saturated rings. The molecule has 1 aromatic rings. The number of benzene rings is 1. The highest BCUT2D eigenvalue weighted by molar-refractivity contribution is 5.46. The van der Waals surface area contributed by atoms with Crippen molar-refractivity contribution in [1.29, 1.82) is 0 Å². The SMILES string of the molecule is COCC(C)OCc1c(N)cccc1F. The van der Waals surface area contributed by atoms with Crippen molar-refractivity contribution in [3.05, 3.63) is 29.6 Å². The number of ether oxygens (including phenoxy) is 2. The summed E-state index contributed by atoms with van der Waals surface area (Å²) in [7, 11) is 1.59. The van der Waals surface area contributed by atoms with Gasteiger partial charge in [-0.2, -0.15) is 0 Å². The first-order valence-corrected chi connectivity index (χ1v) is 4.78. The lowest BCUT2D eigenvalue weighted by molar-refractivity contribution is -0.000863. The molecule has 0 aliphatic carbocycles. The van der Waals surface area contributed by atoms with Crippen molar-refractivity contribution in [2.24, 2.45) is 0 Å². The van der Waals surface area contributed by atoms with E-state index in [4.69, 9.17) is 15.2 Å². The number of methoxy groups -OCH3 is 1. The standard InChI is InChI=1S/C11H16FNO2/c1-8(6-14-2)15-7-9-10(12)4-3-5-11(9)13/h3-5,8H,6-7,13H2,1-2H3. The normalized spacial score (nSPS) is 12.7. The van der Waals surface area contributed by atoms with Gasteiger partial charge in [-0.05, 0) is 19.1 Å². The molecule has 1 aromatic carbocycles.